The molecule has 8 nitrogen and oxygen atoms in total. The molecule has 0 aromatic carbocycles. The van der Waals surface area contributed by atoms with Crippen molar-refractivity contribution in [3.8, 4) is 0 Å². The molecular weight excluding hydrogens is 256 g/mol. The van der Waals surface area contributed by atoms with Gasteiger partial charge in [0.2, 0.25) is 11.8 Å². The third-order valence-electron chi connectivity index (χ3n) is 2.42. The Labute approximate surface area is 110 Å². The molecule has 0 aliphatic heterocycles. The van der Waals surface area contributed by atoms with Gasteiger partial charge in [0, 0.05) is 20.4 Å². The van der Waals surface area contributed by atoms with Crippen LogP contribution in [0.25, 0.3) is 0 Å². The van der Waals surface area contributed by atoms with Crippen LogP contribution in [-0.2, 0) is 23.9 Å². The molecule has 0 fully saturated rings. The minimum absolute atomic E-state index is 0.0719. The van der Waals surface area contributed by atoms with Crippen LogP contribution in [0.3, 0.4) is 0 Å². The second kappa shape index (κ2) is 8.06. The van der Waals surface area contributed by atoms with Crippen LogP contribution < -0.4 is 5.32 Å². The van der Waals surface area contributed by atoms with Crippen LogP contribution in [-0.4, -0.2) is 60.5 Å². The third-order valence-corrected chi connectivity index (χ3v) is 2.42. The Morgan fingerprint density at radius 1 is 1.32 bits per heavy atom. The second-order valence-corrected chi connectivity index (χ2v) is 3.95. The number of hydrogen-bond acceptors (Lipinski definition) is 5. The van der Waals surface area contributed by atoms with E-state index in [1.54, 1.807) is 0 Å². The standard InChI is InChI=1S/C11H18N2O6/c1-7(14)13(2)6-9(15)12-8(11(17)18)4-5-10(16)19-3/h8H,4-6H2,1-3H3,(H,12,15)(H,17,18). The average molecular weight is 274 g/mol. The summed E-state index contributed by atoms with van der Waals surface area (Å²) in [4.78, 5) is 45.4. The Kier molecular flexibility index (Phi) is 7.16. The smallest absolute Gasteiger partial charge is 0.326 e. The highest BCUT2D eigenvalue weighted by molar-refractivity contribution is 5.87. The number of ether oxygens (including phenoxy) is 1. The predicted molar refractivity (Wildman–Crippen MR) is 64.1 cm³/mol. The van der Waals surface area contributed by atoms with E-state index in [1.165, 1.54) is 21.1 Å². The topological polar surface area (TPSA) is 113 Å². The normalized spacial score (nSPS) is 11.3. The minimum Gasteiger partial charge on any atom is -0.480 e. The lowest BCUT2D eigenvalue weighted by molar-refractivity contribution is -0.144. The van der Waals surface area contributed by atoms with Gasteiger partial charge < -0.3 is 20.1 Å². The van der Waals surface area contributed by atoms with Crippen molar-refractivity contribution in [3.63, 3.8) is 0 Å². The van der Waals surface area contributed by atoms with Crippen molar-refractivity contribution in [3.05, 3.63) is 0 Å². The molecule has 0 saturated carbocycles. The first kappa shape index (κ1) is 16.9. The SMILES string of the molecule is COC(=O)CCC(NC(=O)CN(C)C(C)=O)C(=O)O. The lowest BCUT2D eigenvalue weighted by atomic mass is 10.1. The Morgan fingerprint density at radius 2 is 1.89 bits per heavy atom. The lowest BCUT2D eigenvalue weighted by Gasteiger charge is -2.17. The zero-order chi connectivity index (χ0) is 15.0. The number of carbonyl (C=O) groups is 4. The van der Waals surface area contributed by atoms with Gasteiger partial charge in [0.05, 0.1) is 13.7 Å². The largest absolute Gasteiger partial charge is 0.480 e. The van der Waals surface area contributed by atoms with E-state index < -0.39 is 23.9 Å². The number of methoxy groups -OCH3 is 1. The predicted octanol–water partition coefficient (Wildman–Crippen LogP) is -1.01. The number of carboxylic acid groups (broad SMARTS) is 1. The van der Waals surface area contributed by atoms with Gasteiger partial charge in [0.15, 0.2) is 0 Å². The van der Waals surface area contributed by atoms with Gasteiger partial charge in [-0.25, -0.2) is 4.79 Å². The van der Waals surface area contributed by atoms with Crippen LogP contribution in [0.1, 0.15) is 19.8 Å². The monoisotopic (exact) mass is 274 g/mol. The Balaban J connectivity index is 4.34. The molecule has 19 heavy (non-hydrogen) atoms. The zero-order valence-electron chi connectivity index (χ0n) is 11.1. The van der Waals surface area contributed by atoms with Crippen LogP contribution in [0.5, 0.6) is 0 Å². The van der Waals surface area contributed by atoms with Crippen molar-refractivity contribution in [2.24, 2.45) is 0 Å². The summed E-state index contributed by atoms with van der Waals surface area (Å²) in [5.74, 6) is -2.71. The van der Waals surface area contributed by atoms with Crippen molar-refractivity contribution >= 4 is 23.8 Å². The van der Waals surface area contributed by atoms with Crippen LogP contribution in [0.15, 0.2) is 0 Å². The number of carbonyl (C=O) groups excluding carboxylic acids is 3. The quantitative estimate of drug-likeness (QED) is 0.575. The molecule has 0 bridgehead atoms. The highest BCUT2D eigenvalue weighted by atomic mass is 16.5. The molecule has 108 valence electrons. The van der Waals surface area contributed by atoms with E-state index in [-0.39, 0.29) is 25.3 Å². The molecule has 8 heteroatoms. The number of aliphatic carboxylic acids is 1. The van der Waals surface area contributed by atoms with Crippen LogP contribution >= 0.6 is 0 Å². The van der Waals surface area contributed by atoms with Crippen molar-refractivity contribution in [1.29, 1.82) is 0 Å². The first-order chi connectivity index (χ1) is 8.77. The Morgan fingerprint density at radius 3 is 2.32 bits per heavy atom. The van der Waals surface area contributed by atoms with E-state index in [0.29, 0.717) is 0 Å². The summed E-state index contributed by atoms with van der Waals surface area (Å²) in [5.41, 5.74) is 0. The Hall–Kier alpha value is -2.12. The number of carboxylic acids is 1. The van der Waals surface area contributed by atoms with E-state index in [2.05, 4.69) is 10.1 Å². The zero-order valence-corrected chi connectivity index (χ0v) is 11.1. The number of likely N-dealkylation sites (N-methyl/N-ethyl adjacent to an activating group) is 1. The lowest BCUT2D eigenvalue weighted by Crippen LogP contribution is -2.45. The maximum absolute atomic E-state index is 11.5. The third kappa shape index (κ3) is 7.02. The van der Waals surface area contributed by atoms with Crippen molar-refractivity contribution in [2.45, 2.75) is 25.8 Å². The summed E-state index contributed by atoms with van der Waals surface area (Å²) in [5, 5.41) is 11.1. The van der Waals surface area contributed by atoms with Crippen LogP contribution in [0.4, 0.5) is 0 Å². The fourth-order valence-corrected chi connectivity index (χ4v) is 1.19. The fraction of sp³-hybridized carbons (Fsp3) is 0.636. The highest BCUT2D eigenvalue weighted by Crippen LogP contribution is 2.00. The molecule has 0 aromatic heterocycles. The molecular formula is C11H18N2O6. The number of nitrogens with one attached hydrogen (secondary N) is 1. The molecule has 0 heterocycles. The maximum Gasteiger partial charge on any atom is 0.326 e. The van der Waals surface area contributed by atoms with Crippen molar-refractivity contribution in [1.82, 2.24) is 10.2 Å². The molecule has 0 radical (unpaired) electrons. The van der Waals surface area contributed by atoms with E-state index in [4.69, 9.17) is 5.11 Å². The van der Waals surface area contributed by atoms with Gasteiger partial charge in [0.1, 0.15) is 6.04 Å². The van der Waals surface area contributed by atoms with Gasteiger partial charge in [0.25, 0.3) is 0 Å². The summed E-state index contributed by atoms with van der Waals surface area (Å²) >= 11 is 0. The second-order valence-electron chi connectivity index (χ2n) is 3.95. The molecule has 0 rings (SSSR count). The van der Waals surface area contributed by atoms with Gasteiger partial charge in [-0.2, -0.15) is 0 Å². The maximum atomic E-state index is 11.5. The number of nitrogens with zero attached hydrogens (tertiary/aromatic N) is 1. The number of amides is 2. The van der Waals surface area contributed by atoms with E-state index in [9.17, 15) is 19.2 Å². The summed E-state index contributed by atoms with van der Waals surface area (Å²) < 4.78 is 4.38. The van der Waals surface area contributed by atoms with Gasteiger partial charge >= 0.3 is 11.9 Å². The summed E-state index contributed by atoms with van der Waals surface area (Å²) in [6.45, 7) is 1.05. The number of rotatable bonds is 7. The molecule has 1 unspecified atom stereocenters. The molecule has 0 saturated heterocycles. The van der Waals surface area contributed by atoms with E-state index >= 15 is 0 Å². The highest BCUT2D eigenvalue weighted by Gasteiger charge is 2.22. The van der Waals surface area contributed by atoms with E-state index in [1.807, 2.05) is 0 Å². The molecule has 0 aliphatic rings. The first-order valence-corrected chi connectivity index (χ1v) is 5.58. The van der Waals surface area contributed by atoms with Crippen LogP contribution in [0.2, 0.25) is 0 Å². The van der Waals surface area contributed by atoms with Crippen molar-refractivity contribution in [2.75, 3.05) is 20.7 Å². The molecule has 2 amide bonds. The van der Waals surface area contributed by atoms with Crippen molar-refractivity contribution < 1.29 is 29.0 Å². The molecule has 0 spiro atoms. The van der Waals surface area contributed by atoms with Crippen LogP contribution in [0, 0.1) is 0 Å². The first-order valence-electron chi connectivity index (χ1n) is 5.58. The summed E-state index contributed by atoms with van der Waals surface area (Å²) in [6.07, 6.45) is -0.187. The fourth-order valence-electron chi connectivity index (χ4n) is 1.19. The van der Waals surface area contributed by atoms with Gasteiger partial charge in [-0.3, -0.25) is 14.4 Å². The van der Waals surface area contributed by atoms with E-state index in [0.717, 1.165) is 4.90 Å². The van der Waals surface area contributed by atoms with Gasteiger partial charge in [-0.05, 0) is 6.42 Å². The molecule has 1 atom stereocenters. The number of esters is 1. The summed E-state index contributed by atoms with van der Waals surface area (Å²) in [6, 6.07) is -1.19. The van der Waals surface area contributed by atoms with Gasteiger partial charge in [-0.1, -0.05) is 0 Å². The Bertz CT molecular complexity index is 368. The minimum atomic E-state index is -1.25. The molecule has 2 N–H and O–H groups in total. The molecule has 0 aliphatic carbocycles. The number of hydrogen-bond donors (Lipinski definition) is 2. The van der Waals surface area contributed by atoms with Gasteiger partial charge in [-0.15, -0.1) is 0 Å². The molecule has 0 aromatic rings. The average Bonchev–Trinajstić information content (AvgIpc) is 2.33. The summed E-state index contributed by atoms with van der Waals surface area (Å²) in [7, 11) is 2.62.